The van der Waals surface area contributed by atoms with Crippen molar-refractivity contribution in [1.82, 2.24) is 4.98 Å². The Morgan fingerprint density at radius 1 is 0.943 bits per heavy atom. The van der Waals surface area contributed by atoms with Gasteiger partial charge in [0.2, 0.25) is 5.78 Å². The molecule has 2 aromatic carbocycles. The molecule has 9 nitrogen and oxygen atoms in total. The van der Waals surface area contributed by atoms with Crippen LogP contribution in [0.15, 0.2) is 42.5 Å². The number of aryl methyl sites for hydroxylation is 1. The molecule has 3 aromatic rings. The molecule has 1 heterocycles. The van der Waals surface area contributed by atoms with E-state index in [2.05, 4.69) is 4.98 Å². The highest BCUT2D eigenvalue weighted by molar-refractivity contribution is 6.17. The molecule has 35 heavy (non-hydrogen) atoms. The van der Waals surface area contributed by atoms with E-state index in [9.17, 15) is 19.2 Å². The lowest BCUT2D eigenvalue weighted by Gasteiger charge is -2.29. The molecule has 0 fully saturated rings. The van der Waals surface area contributed by atoms with Gasteiger partial charge in [0.1, 0.15) is 5.75 Å². The summed E-state index contributed by atoms with van der Waals surface area (Å²) in [5, 5.41) is 0.253. The zero-order chi connectivity index (χ0) is 25.8. The average molecular weight is 482 g/mol. The smallest absolute Gasteiger partial charge is 0.367 e. The number of carbonyl (C=O) groups is 4. The van der Waals surface area contributed by atoms with Gasteiger partial charge in [-0.1, -0.05) is 23.8 Å². The van der Waals surface area contributed by atoms with Crippen molar-refractivity contribution in [2.45, 2.75) is 33.3 Å². The van der Waals surface area contributed by atoms with E-state index in [4.69, 9.17) is 18.9 Å². The Kier molecular flexibility index (Phi) is 7.58. The molecule has 0 bridgehead atoms. The zero-order valence-electron chi connectivity index (χ0n) is 20.2. The number of rotatable bonds is 9. The topological polar surface area (TPSA) is 121 Å². The third kappa shape index (κ3) is 4.75. The molecule has 184 valence electrons. The molecule has 0 unspecified atom stereocenters. The molecule has 0 aliphatic heterocycles. The molecule has 0 atom stereocenters. The van der Waals surface area contributed by atoms with Crippen molar-refractivity contribution in [2.24, 2.45) is 0 Å². The number of hydrogen-bond acceptors (Lipinski definition) is 8. The number of hydrogen-bond donors (Lipinski definition) is 1. The fourth-order valence-electron chi connectivity index (χ4n) is 3.87. The van der Waals surface area contributed by atoms with E-state index in [1.54, 1.807) is 44.2 Å². The number of aromatic amines is 1. The minimum Gasteiger partial charge on any atom is -0.497 e. The number of H-pyrrole nitrogens is 1. The van der Waals surface area contributed by atoms with Crippen LogP contribution in [0.2, 0.25) is 0 Å². The number of carbonyl (C=O) groups excluding carboxylic acids is 4. The van der Waals surface area contributed by atoms with E-state index < -0.39 is 29.3 Å². The maximum atomic E-state index is 13.7. The number of benzene rings is 2. The maximum absolute atomic E-state index is 13.7. The third-order valence-corrected chi connectivity index (χ3v) is 5.29. The Labute approximate surface area is 202 Å². The SMILES string of the molecule is CCOC(=O)C(OC(C)=O)(C(=O)OCC)c1c(C(=O)c2cccc(C)c2)[nH]c2ccc(OC)cc12. The Balaban J connectivity index is 2.47. The van der Waals surface area contributed by atoms with Gasteiger partial charge < -0.3 is 23.9 Å². The van der Waals surface area contributed by atoms with Crippen molar-refractivity contribution >= 4 is 34.6 Å². The Morgan fingerprint density at radius 2 is 1.60 bits per heavy atom. The Morgan fingerprint density at radius 3 is 2.14 bits per heavy atom. The van der Waals surface area contributed by atoms with Crippen LogP contribution in [0.25, 0.3) is 10.9 Å². The van der Waals surface area contributed by atoms with Gasteiger partial charge in [-0.25, -0.2) is 9.59 Å². The van der Waals surface area contributed by atoms with Crippen molar-refractivity contribution in [2.75, 3.05) is 20.3 Å². The molecule has 0 saturated heterocycles. The Hall–Kier alpha value is -4.14. The van der Waals surface area contributed by atoms with Crippen molar-refractivity contribution in [1.29, 1.82) is 0 Å². The molecule has 0 saturated carbocycles. The fraction of sp³-hybridized carbons (Fsp3) is 0.308. The van der Waals surface area contributed by atoms with Gasteiger partial charge >= 0.3 is 23.5 Å². The average Bonchev–Trinajstić information content (AvgIpc) is 3.21. The quantitative estimate of drug-likeness (QED) is 0.213. The lowest BCUT2D eigenvalue weighted by molar-refractivity contribution is -0.197. The van der Waals surface area contributed by atoms with Crippen molar-refractivity contribution < 1.29 is 38.1 Å². The third-order valence-electron chi connectivity index (χ3n) is 5.29. The molecule has 0 radical (unpaired) electrons. The summed E-state index contributed by atoms with van der Waals surface area (Å²) < 4.78 is 21.1. The first-order valence-corrected chi connectivity index (χ1v) is 11.0. The molecule has 0 amide bonds. The van der Waals surface area contributed by atoms with Crippen molar-refractivity contribution in [3.63, 3.8) is 0 Å². The summed E-state index contributed by atoms with van der Waals surface area (Å²) in [4.78, 5) is 55.8. The summed E-state index contributed by atoms with van der Waals surface area (Å²) in [6, 6.07) is 11.6. The number of ether oxygens (including phenoxy) is 4. The molecule has 1 N–H and O–H groups in total. The van der Waals surface area contributed by atoms with E-state index in [1.807, 2.05) is 13.0 Å². The number of methoxy groups -OCH3 is 1. The summed E-state index contributed by atoms with van der Waals surface area (Å²) >= 11 is 0. The predicted octanol–water partition coefficient (Wildman–Crippen LogP) is 3.60. The summed E-state index contributed by atoms with van der Waals surface area (Å²) in [5.74, 6) is -3.45. The van der Waals surface area contributed by atoms with Crippen LogP contribution in [-0.2, 0) is 34.2 Å². The van der Waals surface area contributed by atoms with Crippen LogP contribution in [0.4, 0.5) is 0 Å². The second-order valence-electron chi connectivity index (χ2n) is 7.70. The van der Waals surface area contributed by atoms with Crippen LogP contribution in [0.3, 0.4) is 0 Å². The van der Waals surface area contributed by atoms with Crippen LogP contribution in [0, 0.1) is 6.92 Å². The maximum Gasteiger partial charge on any atom is 0.367 e. The standard InChI is InChI=1S/C26H27NO8/c1-6-33-24(30)26(35-16(4)28,25(31)34-7-2)21-19-14-18(32-5)11-12-20(19)27-22(21)23(29)17-10-8-9-15(3)13-17/h8-14,27H,6-7H2,1-5H3. The summed E-state index contributed by atoms with van der Waals surface area (Å²) in [6.45, 7) is 5.72. The molecular formula is C26H27NO8. The first-order valence-electron chi connectivity index (χ1n) is 11.0. The van der Waals surface area contributed by atoms with Gasteiger partial charge in [0.05, 0.1) is 31.6 Å². The summed E-state index contributed by atoms with van der Waals surface area (Å²) in [5.41, 5.74) is -1.48. The first-order chi connectivity index (χ1) is 16.7. The lowest BCUT2D eigenvalue weighted by Crippen LogP contribution is -2.50. The van der Waals surface area contributed by atoms with Crippen molar-refractivity contribution in [3.8, 4) is 5.75 Å². The van der Waals surface area contributed by atoms with Gasteiger partial charge in [-0.15, -0.1) is 0 Å². The molecule has 3 rings (SSSR count). The molecule has 1 aromatic heterocycles. The second-order valence-corrected chi connectivity index (χ2v) is 7.70. The molecule has 9 heteroatoms. The van der Waals surface area contributed by atoms with E-state index >= 15 is 0 Å². The van der Waals surface area contributed by atoms with Crippen LogP contribution < -0.4 is 4.74 Å². The first kappa shape index (κ1) is 25.5. The summed E-state index contributed by atoms with van der Waals surface area (Å²) in [6.07, 6.45) is 0. The van der Waals surface area contributed by atoms with E-state index in [-0.39, 0.29) is 29.9 Å². The van der Waals surface area contributed by atoms with Crippen LogP contribution in [-0.4, -0.2) is 49.0 Å². The van der Waals surface area contributed by atoms with Gasteiger partial charge in [-0.05, 0) is 45.0 Å². The highest BCUT2D eigenvalue weighted by Crippen LogP contribution is 2.40. The van der Waals surface area contributed by atoms with Gasteiger partial charge in [0.15, 0.2) is 0 Å². The molecular weight excluding hydrogens is 454 g/mol. The second kappa shape index (κ2) is 10.4. The highest BCUT2D eigenvalue weighted by atomic mass is 16.6. The summed E-state index contributed by atoms with van der Waals surface area (Å²) in [7, 11) is 1.45. The van der Waals surface area contributed by atoms with E-state index in [0.29, 0.717) is 16.8 Å². The number of fused-ring (bicyclic) bond motifs is 1. The van der Waals surface area contributed by atoms with Gasteiger partial charge in [-0.2, -0.15) is 0 Å². The van der Waals surface area contributed by atoms with Crippen molar-refractivity contribution in [3.05, 3.63) is 64.8 Å². The van der Waals surface area contributed by atoms with Crippen LogP contribution in [0.1, 0.15) is 48.0 Å². The zero-order valence-corrected chi connectivity index (χ0v) is 20.2. The number of ketones is 1. The highest BCUT2D eigenvalue weighted by Gasteiger charge is 2.58. The normalized spacial score (nSPS) is 11.1. The van der Waals surface area contributed by atoms with Gasteiger partial charge in [0.25, 0.3) is 0 Å². The molecule has 0 spiro atoms. The monoisotopic (exact) mass is 481 g/mol. The molecule has 0 aliphatic carbocycles. The molecule has 0 aliphatic rings. The number of nitrogens with one attached hydrogen (secondary N) is 1. The minimum absolute atomic E-state index is 0.117. The minimum atomic E-state index is -2.70. The van der Waals surface area contributed by atoms with E-state index in [1.165, 1.54) is 13.2 Å². The predicted molar refractivity (Wildman–Crippen MR) is 126 cm³/mol. The van der Waals surface area contributed by atoms with Gasteiger partial charge in [-0.3, -0.25) is 9.59 Å². The van der Waals surface area contributed by atoms with Crippen LogP contribution in [0.5, 0.6) is 5.75 Å². The van der Waals surface area contributed by atoms with E-state index in [0.717, 1.165) is 12.5 Å². The van der Waals surface area contributed by atoms with Crippen LogP contribution >= 0.6 is 0 Å². The number of esters is 3. The number of aromatic nitrogens is 1. The fourth-order valence-corrected chi connectivity index (χ4v) is 3.87. The largest absolute Gasteiger partial charge is 0.497 e. The Bertz CT molecular complexity index is 1270. The van der Waals surface area contributed by atoms with Gasteiger partial charge in [0, 0.05) is 23.4 Å². The lowest BCUT2D eigenvalue weighted by atomic mass is 9.88.